The van der Waals surface area contributed by atoms with E-state index in [1.807, 2.05) is 6.07 Å². The molecule has 0 bridgehead atoms. The van der Waals surface area contributed by atoms with Gasteiger partial charge in [-0.3, -0.25) is 19.8 Å². The number of furan rings is 1. The fourth-order valence-electron chi connectivity index (χ4n) is 1.55. The van der Waals surface area contributed by atoms with E-state index < -0.39 is 6.04 Å². The minimum absolute atomic E-state index is 0.142. The van der Waals surface area contributed by atoms with Crippen molar-refractivity contribution in [3.63, 3.8) is 0 Å². The first-order chi connectivity index (χ1) is 7.18. The van der Waals surface area contributed by atoms with Crippen molar-refractivity contribution in [2.45, 2.75) is 19.0 Å². The highest BCUT2D eigenvalue weighted by Crippen LogP contribution is 2.11. The summed E-state index contributed by atoms with van der Waals surface area (Å²) in [5.41, 5.74) is 0. The Labute approximate surface area is 87.0 Å². The SMILES string of the molecule is CN1C(=O)CC(NCc2ccco2)C1=O. The molecule has 1 aromatic heterocycles. The van der Waals surface area contributed by atoms with E-state index in [0.29, 0.717) is 6.54 Å². The summed E-state index contributed by atoms with van der Waals surface area (Å²) in [6.45, 7) is 0.463. The molecule has 0 aromatic carbocycles. The summed E-state index contributed by atoms with van der Waals surface area (Å²) in [5.74, 6) is 0.438. The Hall–Kier alpha value is -1.62. The molecule has 2 amide bonds. The maximum Gasteiger partial charge on any atom is 0.246 e. The third-order valence-electron chi connectivity index (χ3n) is 2.48. The van der Waals surface area contributed by atoms with Gasteiger partial charge in [-0.25, -0.2) is 0 Å². The zero-order valence-corrected chi connectivity index (χ0v) is 8.40. The summed E-state index contributed by atoms with van der Waals surface area (Å²) >= 11 is 0. The van der Waals surface area contributed by atoms with Crippen LogP contribution in [0.2, 0.25) is 0 Å². The molecule has 2 heterocycles. The van der Waals surface area contributed by atoms with Crippen LogP contribution in [0, 0.1) is 0 Å². The van der Waals surface area contributed by atoms with E-state index in [2.05, 4.69) is 5.32 Å². The predicted molar refractivity (Wildman–Crippen MR) is 51.7 cm³/mol. The highest BCUT2D eigenvalue weighted by atomic mass is 16.3. The van der Waals surface area contributed by atoms with Gasteiger partial charge in [0.1, 0.15) is 5.76 Å². The van der Waals surface area contributed by atoms with Gasteiger partial charge < -0.3 is 4.42 Å². The van der Waals surface area contributed by atoms with E-state index in [4.69, 9.17) is 4.42 Å². The molecule has 1 unspecified atom stereocenters. The zero-order chi connectivity index (χ0) is 10.8. The molecule has 0 radical (unpaired) electrons. The Balaban J connectivity index is 1.91. The Morgan fingerprint density at radius 1 is 1.60 bits per heavy atom. The molecule has 1 aromatic rings. The second-order valence-corrected chi connectivity index (χ2v) is 3.51. The molecule has 1 saturated heterocycles. The maximum absolute atomic E-state index is 11.5. The first-order valence-corrected chi connectivity index (χ1v) is 4.74. The van der Waals surface area contributed by atoms with Crippen molar-refractivity contribution in [3.05, 3.63) is 24.2 Å². The molecule has 5 heteroatoms. The van der Waals surface area contributed by atoms with Crippen molar-refractivity contribution in [1.82, 2.24) is 10.2 Å². The van der Waals surface area contributed by atoms with Crippen molar-refractivity contribution in [3.8, 4) is 0 Å². The van der Waals surface area contributed by atoms with Gasteiger partial charge in [0.2, 0.25) is 11.8 Å². The van der Waals surface area contributed by atoms with Crippen molar-refractivity contribution >= 4 is 11.8 Å². The third kappa shape index (κ3) is 1.92. The summed E-state index contributed by atoms with van der Waals surface area (Å²) in [6, 6.07) is 3.19. The van der Waals surface area contributed by atoms with Gasteiger partial charge in [-0.2, -0.15) is 0 Å². The standard InChI is InChI=1S/C10H12N2O3/c1-12-9(13)5-8(10(12)14)11-6-7-3-2-4-15-7/h2-4,8,11H,5-6H2,1H3. The molecular weight excluding hydrogens is 196 g/mol. The van der Waals surface area contributed by atoms with Crippen LogP contribution in [0.1, 0.15) is 12.2 Å². The summed E-state index contributed by atoms with van der Waals surface area (Å²) < 4.78 is 5.11. The maximum atomic E-state index is 11.5. The van der Waals surface area contributed by atoms with E-state index >= 15 is 0 Å². The minimum Gasteiger partial charge on any atom is -0.468 e. The van der Waals surface area contributed by atoms with Crippen LogP contribution in [-0.4, -0.2) is 29.8 Å². The summed E-state index contributed by atoms with van der Waals surface area (Å²) in [7, 11) is 1.50. The number of rotatable bonds is 3. The minimum atomic E-state index is -0.410. The van der Waals surface area contributed by atoms with Gasteiger partial charge in [0.05, 0.1) is 25.3 Å². The van der Waals surface area contributed by atoms with Crippen LogP contribution in [0.4, 0.5) is 0 Å². The van der Waals surface area contributed by atoms with Gasteiger partial charge in [-0.1, -0.05) is 0 Å². The molecule has 2 rings (SSSR count). The van der Waals surface area contributed by atoms with Gasteiger partial charge >= 0.3 is 0 Å². The Morgan fingerprint density at radius 2 is 2.40 bits per heavy atom. The van der Waals surface area contributed by atoms with E-state index in [-0.39, 0.29) is 18.2 Å². The van der Waals surface area contributed by atoms with Crippen LogP contribution in [0.5, 0.6) is 0 Å². The van der Waals surface area contributed by atoms with Gasteiger partial charge in [0, 0.05) is 7.05 Å². The van der Waals surface area contributed by atoms with E-state index in [1.54, 1.807) is 12.3 Å². The number of hydrogen-bond donors (Lipinski definition) is 1. The number of imide groups is 1. The van der Waals surface area contributed by atoms with Crippen molar-refractivity contribution in [2.24, 2.45) is 0 Å². The number of nitrogens with zero attached hydrogens (tertiary/aromatic N) is 1. The Bertz CT molecular complexity index is 372. The van der Waals surface area contributed by atoms with Crippen molar-refractivity contribution < 1.29 is 14.0 Å². The molecule has 80 valence electrons. The van der Waals surface area contributed by atoms with Crippen LogP contribution in [0.3, 0.4) is 0 Å². The molecule has 1 aliphatic rings. The fourth-order valence-corrected chi connectivity index (χ4v) is 1.55. The number of carbonyl (C=O) groups is 2. The Kier molecular flexibility index (Phi) is 2.55. The molecule has 15 heavy (non-hydrogen) atoms. The first-order valence-electron chi connectivity index (χ1n) is 4.74. The second-order valence-electron chi connectivity index (χ2n) is 3.51. The lowest BCUT2D eigenvalue weighted by Gasteiger charge is -2.09. The molecular formula is C10H12N2O3. The molecule has 1 N–H and O–H groups in total. The molecule has 1 fully saturated rings. The summed E-state index contributed by atoms with van der Waals surface area (Å²) in [6.07, 6.45) is 1.81. The van der Waals surface area contributed by atoms with E-state index in [9.17, 15) is 9.59 Å². The van der Waals surface area contributed by atoms with Crippen molar-refractivity contribution in [1.29, 1.82) is 0 Å². The number of carbonyl (C=O) groups excluding carboxylic acids is 2. The molecule has 1 aliphatic heterocycles. The third-order valence-corrected chi connectivity index (χ3v) is 2.48. The van der Waals surface area contributed by atoms with E-state index in [0.717, 1.165) is 10.7 Å². The normalized spacial score (nSPS) is 21.4. The second kappa shape index (κ2) is 3.86. The summed E-state index contributed by atoms with van der Waals surface area (Å²) in [4.78, 5) is 23.8. The van der Waals surface area contributed by atoms with Crippen LogP contribution in [0.25, 0.3) is 0 Å². The lowest BCUT2D eigenvalue weighted by atomic mass is 10.2. The molecule has 0 spiro atoms. The van der Waals surface area contributed by atoms with Crippen LogP contribution >= 0.6 is 0 Å². The molecule has 5 nitrogen and oxygen atoms in total. The molecule has 0 saturated carbocycles. The van der Waals surface area contributed by atoms with E-state index in [1.165, 1.54) is 7.05 Å². The predicted octanol–water partition coefficient (Wildman–Crippen LogP) is 0.126. The zero-order valence-electron chi connectivity index (χ0n) is 8.40. The van der Waals surface area contributed by atoms with Gasteiger partial charge in [-0.15, -0.1) is 0 Å². The summed E-state index contributed by atoms with van der Waals surface area (Å²) in [5, 5.41) is 2.99. The highest BCUT2D eigenvalue weighted by Gasteiger charge is 2.35. The van der Waals surface area contributed by atoms with Crippen LogP contribution in [-0.2, 0) is 16.1 Å². The van der Waals surface area contributed by atoms with Crippen LogP contribution in [0.15, 0.2) is 22.8 Å². The van der Waals surface area contributed by atoms with Crippen LogP contribution < -0.4 is 5.32 Å². The quantitative estimate of drug-likeness (QED) is 0.717. The smallest absolute Gasteiger partial charge is 0.246 e. The lowest BCUT2D eigenvalue weighted by Crippen LogP contribution is -2.36. The van der Waals surface area contributed by atoms with Crippen molar-refractivity contribution in [2.75, 3.05) is 7.05 Å². The monoisotopic (exact) mass is 208 g/mol. The largest absolute Gasteiger partial charge is 0.468 e. The average molecular weight is 208 g/mol. The number of hydrogen-bond acceptors (Lipinski definition) is 4. The number of nitrogens with one attached hydrogen (secondary N) is 1. The number of likely N-dealkylation sites (N-methyl/N-ethyl adjacent to an activating group) is 1. The lowest BCUT2D eigenvalue weighted by molar-refractivity contribution is -0.137. The van der Waals surface area contributed by atoms with Gasteiger partial charge in [0.25, 0.3) is 0 Å². The molecule has 1 atom stereocenters. The van der Waals surface area contributed by atoms with Gasteiger partial charge in [-0.05, 0) is 12.1 Å². The molecule has 0 aliphatic carbocycles. The topological polar surface area (TPSA) is 62.6 Å². The average Bonchev–Trinajstić information content (AvgIpc) is 2.80. The van der Waals surface area contributed by atoms with Gasteiger partial charge in [0.15, 0.2) is 0 Å². The number of amides is 2. The first kappa shape index (κ1) is 9.92. The number of likely N-dealkylation sites (tertiary alicyclic amines) is 1. The Morgan fingerprint density at radius 3 is 2.93 bits per heavy atom. The fraction of sp³-hybridized carbons (Fsp3) is 0.400. The highest BCUT2D eigenvalue weighted by molar-refractivity contribution is 6.05.